The SMILES string of the molecule is COCCNCCNC(=O)CNC(=O)CC1CCCCC1. The van der Waals surface area contributed by atoms with Crippen LogP contribution in [-0.4, -0.2) is 51.7 Å². The molecule has 0 aliphatic heterocycles. The van der Waals surface area contributed by atoms with Gasteiger partial charge in [-0.25, -0.2) is 0 Å². The number of carbonyl (C=O) groups excluding carboxylic acids is 2. The summed E-state index contributed by atoms with van der Waals surface area (Å²) in [5.41, 5.74) is 0. The Morgan fingerprint density at radius 3 is 2.48 bits per heavy atom. The number of nitrogens with one attached hydrogen (secondary N) is 3. The van der Waals surface area contributed by atoms with Crippen LogP contribution in [0.15, 0.2) is 0 Å². The van der Waals surface area contributed by atoms with Crippen molar-refractivity contribution in [2.24, 2.45) is 5.92 Å². The third-order valence-corrected chi connectivity index (χ3v) is 3.75. The second-order valence-corrected chi connectivity index (χ2v) is 5.58. The molecule has 0 spiro atoms. The van der Waals surface area contributed by atoms with Gasteiger partial charge < -0.3 is 20.7 Å². The van der Waals surface area contributed by atoms with Crippen LogP contribution in [0.4, 0.5) is 0 Å². The molecular formula is C15H29N3O3. The standard InChI is InChI=1S/C15H29N3O3/c1-21-10-9-16-7-8-17-15(20)12-18-14(19)11-13-5-3-2-4-6-13/h13,16H,2-12H2,1H3,(H,17,20)(H,18,19). The molecular weight excluding hydrogens is 270 g/mol. The van der Waals surface area contributed by atoms with Gasteiger partial charge in [-0.2, -0.15) is 0 Å². The Morgan fingerprint density at radius 1 is 1.00 bits per heavy atom. The van der Waals surface area contributed by atoms with Crippen molar-refractivity contribution < 1.29 is 14.3 Å². The van der Waals surface area contributed by atoms with E-state index in [0.717, 1.165) is 19.4 Å². The van der Waals surface area contributed by atoms with Gasteiger partial charge in [0, 0.05) is 33.2 Å². The molecule has 1 fully saturated rings. The van der Waals surface area contributed by atoms with E-state index in [9.17, 15) is 9.59 Å². The van der Waals surface area contributed by atoms with Crippen LogP contribution in [0.1, 0.15) is 38.5 Å². The lowest BCUT2D eigenvalue weighted by Gasteiger charge is -2.20. The first-order chi connectivity index (χ1) is 10.2. The zero-order chi connectivity index (χ0) is 15.3. The van der Waals surface area contributed by atoms with Gasteiger partial charge in [0.15, 0.2) is 0 Å². The number of amides is 2. The van der Waals surface area contributed by atoms with E-state index in [1.165, 1.54) is 19.3 Å². The van der Waals surface area contributed by atoms with Crippen LogP contribution < -0.4 is 16.0 Å². The highest BCUT2D eigenvalue weighted by molar-refractivity contribution is 5.84. The fraction of sp³-hybridized carbons (Fsp3) is 0.867. The fourth-order valence-corrected chi connectivity index (χ4v) is 2.56. The van der Waals surface area contributed by atoms with Gasteiger partial charge in [-0.15, -0.1) is 0 Å². The molecule has 0 saturated heterocycles. The molecule has 0 aromatic carbocycles. The molecule has 0 bridgehead atoms. The number of carbonyl (C=O) groups is 2. The van der Waals surface area contributed by atoms with E-state index < -0.39 is 0 Å². The Balaban J connectivity index is 1.97. The Labute approximate surface area is 127 Å². The molecule has 3 N–H and O–H groups in total. The highest BCUT2D eigenvalue weighted by atomic mass is 16.5. The van der Waals surface area contributed by atoms with Gasteiger partial charge in [0.25, 0.3) is 0 Å². The van der Waals surface area contributed by atoms with E-state index in [1.807, 2.05) is 0 Å². The molecule has 0 heterocycles. The van der Waals surface area contributed by atoms with Gasteiger partial charge in [0.1, 0.15) is 0 Å². The van der Waals surface area contributed by atoms with Gasteiger partial charge in [-0.05, 0) is 18.8 Å². The smallest absolute Gasteiger partial charge is 0.239 e. The van der Waals surface area contributed by atoms with Crippen molar-refractivity contribution in [2.75, 3.05) is 39.9 Å². The van der Waals surface area contributed by atoms with Gasteiger partial charge in [0.05, 0.1) is 13.2 Å². The van der Waals surface area contributed by atoms with Crippen LogP contribution in [-0.2, 0) is 14.3 Å². The van der Waals surface area contributed by atoms with E-state index in [-0.39, 0.29) is 18.4 Å². The topological polar surface area (TPSA) is 79.5 Å². The van der Waals surface area contributed by atoms with Crippen molar-refractivity contribution in [1.82, 2.24) is 16.0 Å². The van der Waals surface area contributed by atoms with Gasteiger partial charge in [-0.3, -0.25) is 9.59 Å². The van der Waals surface area contributed by atoms with Gasteiger partial charge >= 0.3 is 0 Å². The van der Waals surface area contributed by atoms with Gasteiger partial charge in [-0.1, -0.05) is 19.3 Å². The number of hydrogen-bond donors (Lipinski definition) is 3. The van der Waals surface area contributed by atoms with E-state index in [0.29, 0.717) is 32.0 Å². The lowest BCUT2D eigenvalue weighted by atomic mass is 9.87. The Bertz CT molecular complexity index is 305. The summed E-state index contributed by atoms with van der Waals surface area (Å²) in [7, 11) is 1.65. The summed E-state index contributed by atoms with van der Waals surface area (Å²) in [6, 6.07) is 0. The summed E-state index contributed by atoms with van der Waals surface area (Å²) < 4.78 is 4.90. The van der Waals surface area contributed by atoms with Crippen molar-refractivity contribution in [1.29, 1.82) is 0 Å². The number of hydrogen-bond acceptors (Lipinski definition) is 4. The molecule has 0 aromatic rings. The highest BCUT2D eigenvalue weighted by Gasteiger charge is 2.17. The predicted molar refractivity (Wildman–Crippen MR) is 82.0 cm³/mol. The summed E-state index contributed by atoms with van der Waals surface area (Å²) in [5, 5.41) is 8.59. The lowest BCUT2D eigenvalue weighted by molar-refractivity contribution is -0.126. The normalized spacial score (nSPS) is 15.7. The summed E-state index contributed by atoms with van der Waals surface area (Å²) in [6.07, 6.45) is 6.60. The third-order valence-electron chi connectivity index (χ3n) is 3.75. The van der Waals surface area contributed by atoms with E-state index in [4.69, 9.17) is 4.74 Å². The fourth-order valence-electron chi connectivity index (χ4n) is 2.56. The number of methoxy groups -OCH3 is 1. The Hall–Kier alpha value is -1.14. The second-order valence-electron chi connectivity index (χ2n) is 5.58. The molecule has 21 heavy (non-hydrogen) atoms. The van der Waals surface area contributed by atoms with Crippen LogP contribution >= 0.6 is 0 Å². The first-order valence-corrected chi connectivity index (χ1v) is 7.95. The van der Waals surface area contributed by atoms with Crippen LogP contribution in [0, 0.1) is 5.92 Å². The van der Waals surface area contributed by atoms with E-state index >= 15 is 0 Å². The molecule has 1 aliphatic rings. The molecule has 6 heteroatoms. The van der Waals surface area contributed by atoms with Crippen molar-refractivity contribution in [2.45, 2.75) is 38.5 Å². The van der Waals surface area contributed by atoms with Gasteiger partial charge in [0.2, 0.25) is 11.8 Å². The number of rotatable bonds is 10. The average molecular weight is 299 g/mol. The molecule has 122 valence electrons. The average Bonchev–Trinajstić information content (AvgIpc) is 2.50. The Kier molecular flexibility index (Phi) is 9.82. The molecule has 6 nitrogen and oxygen atoms in total. The highest BCUT2D eigenvalue weighted by Crippen LogP contribution is 2.25. The molecule has 1 aliphatic carbocycles. The lowest BCUT2D eigenvalue weighted by Crippen LogP contribution is -2.40. The maximum atomic E-state index is 11.7. The summed E-state index contributed by atoms with van der Waals surface area (Å²) in [4.78, 5) is 23.3. The molecule has 1 rings (SSSR count). The van der Waals surface area contributed by atoms with Crippen LogP contribution in [0.2, 0.25) is 0 Å². The zero-order valence-corrected chi connectivity index (χ0v) is 13.1. The number of ether oxygens (including phenoxy) is 1. The minimum absolute atomic E-state index is 0.00438. The van der Waals surface area contributed by atoms with Crippen molar-refractivity contribution >= 4 is 11.8 Å². The second kappa shape index (κ2) is 11.5. The van der Waals surface area contributed by atoms with Crippen LogP contribution in [0.25, 0.3) is 0 Å². The quantitative estimate of drug-likeness (QED) is 0.511. The molecule has 0 aromatic heterocycles. The maximum Gasteiger partial charge on any atom is 0.239 e. The van der Waals surface area contributed by atoms with Crippen LogP contribution in [0.3, 0.4) is 0 Å². The van der Waals surface area contributed by atoms with E-state index in [2.05, 4.69) is 16.0 Å². The van der Waals surface area contributed by atoms with Crippen molar-refractivity contribution in [3.63, 3.8) is 0 Å². The minimum atomic E-state index is -0.138. The Morgan fingerprint density at radius 2 is 1.76 bits per heavy atom. The molecule has 0 atom stereocenters. The summed E-state index contributed by atoms with van der Waals surface area (Å²) >= 11 is 0. The van der Waals surface area contributed by atoms with Crippen molar-refractivity contribution in [3.05, 3.63) is 0 Å². The monoisotopic (exact) mass is 299 g/mol. The first kappa shape index (κ1) is 17.9. The largest absolute Gasteiger partial charge is 0.383 e. The van der Waals surface area contributed by atoms with Crippen molar-refractivity contribution in [3.8, 4) is 0 Å². The summed E-state index contributed by atoms with van der Waals surface area (Å²) in [6.45, 7) is 2.76. The third kappa shape index (κ3) is 9.42. The first-order valence-electron chi connectivity index (χ1n) is 7.95. The minimum Gasteiger partial charge on any atom is -0.383 e. The molecule has 2 amide bonds. The zero-order valence-electron chi connectivity index (χ0n) is 13.1. The van der Waals surface area contributed by atoms with E-state index in [1.54, 1.807) is 7.11 Å². The maximum absolute atomic E-state index is 11.7. The molecule has 0 unspecified atom stereocenters. The molecule has 0 radical (unpaired) electrons. The molecule has 1 saturated carbocycles. The van der Waals surface area contributed by atoms with Crippen LogP contribution in [0.5, 0.6) is 0 Å². The summed E-state index contributed by atoms with van der Waals surface area (Å²) in [5.74, 6) is 0.364. The predicted octanol–water partition coefficient (Wildman–Crippen LogP) is 0.425.